The van der Waals surface area contributed by atoms with Crippen LogP contribution in [0.5, 0.6) is 0 Å². The van der Waals surface area contributed by atoms with E-state index >= 15 is 0 Å². The van der Waals surface area contributed by atoms with Gasteiger partial charge in [-0.25, -0.2) is 0 Å². The number of hydrogen-bond acceptors (Lipinski definition) is 2. The Labute approximate surface area is 138 Å². The summed E-state index contributed by atoms with van der Waals surface area (Å²) in [5.41, 5.74) is 11.1. The van der Waals surface area contributed by atoms with E-state index in [1.165, 1.54) is 11.1 Å². The van der Waals surface area contributed by atoms with E-state index in [2.05, 4.69) is 30.3 Å². The summed E-state index contributed by atoms with van der Waals surface area (Å²) in [7, 11) is 0. The molecule has 1 amide bonds. The molecule has 0 fully saturated rings. The van der Waals surface area contributed by atoms with Crippen molar-refractivity contribution in [3.63, 3.8) is 0 Å². The van der Waals surface area contributed by atoms with Crippen LogP contribution < -0.4 is 10.6 Å². The first-order valence-electron chi connectivity index (χ1n) is 8.41. The summed E-state index contributed by atoms with van der Waals surface area (Å²) in [6, 6.07) is 16.7. The molecule has 0 bridgehead atoms. The lowest BCUT2D eigenvalue weighted by Crippen LogP contribution is -2.29. The number of anilines is 1. The fourth-order valence-corrected chi connectivity index (χ4v) is 3.33. The van der Waals surface area contributed by atoms with Crippen LogP contribution in [-0.4, -0.2) is 12.5 Å². The molecule has 23 heavy (non-hydrogen) atoms. The Morgan fingerprint density at radius 2 is 1.91 bits per heavy atom. The molecule has 1 aliphatic rings. The first-order valence-corrected chi connectivity index (χ1v) is 8.41. The SMILES string of the molecule is CCN1C(=O)CCCc2cc(C(N)Cc3ccccc3)ccc21. The largest absolute Gasteiger partial charge is 0.324 e. The molecule has 1 heterocycles. The lowest BCUT2D eigenvalue weighted by atomic mass is 9.96. The van der Waals surface area contributed by atoms with Gasteiger partial charge in [0.1, 0.15) is 0 Å². The van der Waals surface area contributed by atoms with Crippen molar-refractivity contribution in [3.05, 3.63) is 65.2 Å². The number of fused-ring (bicyclic) bond motifs is 1. The van der Waals surface area contributed by atoms with Crippen molar-refractivity contribution in [2.24, 2.45) is 5.73 Å². The van der Waals surface area contributed by atoms with Crippen LogP contribution in [0.15, 0.2) is 48.5 Å². The molecule has 3 rings (SSSR count). The number of carbonyl (C=O) groups is 1. The lowest BCUT2D eigenvalue weighted by Gasteiger charge is -2.22. The standard InChI is InChI=1S/C20H24N2O/c1-2-22-19-12-11-16(14-17(19)9-6-10-20(22)23)18(21)13-15-7-4-3-5-8-15/h3-5,7-8,11-12,14,18H,2,6,9-10,13,21H2,1H3. The van der Waals surface area contributed by atoms with E-state index in [0.29, 0.717) is 6.42 Å². The molecule has 0 saturated heterocycles. The lowest BCUT2D eigenvalue weighted by molar-refractivity contribution is -0.118. The summed E-state index contributed by atoms with van der Waals surface area (Å²) in [6.07, 6.45) is 3.33. The van der Waals surface area contributed by atoms with E-state index in [4.69, 9.17) is 5.73 Å². The number of hydrogen-bond donors (Lipinski definition) is 1. The van der Waals surface area contributed by atoms with Crippen LogP contribution in [0, 0.1) is 0 Å². The Morgan fingerprint density at radius 3 is 2.65 bits per heavy atom. The van der Waals surface area contributed by atoms with Crippen molar-refractivity contribution in [2.75, 3.05) is 11.4 Å². The molecule has 1 atom stereocenters. The molecule has 2 aromatic carbocycles. The molecule has 0 aliphatic carbocycles. The highest BCUT2D eigenvalue weighted by Gasteiger charge is 2.21. The van der Waals surface area contributed by atoms with Crippen molar-refractivity contribution < 1.29 is 4.79 Å². The van der Waals surface area contributed by atoms with E-state index in [1.54, 1.807) is 0 Å². The highest BCUT2D eigenvalue weighted by Crippen LogP contribution is 2.30. The van der Waals surface area contributed by atoms with Crippen molar-refractivity contribution in [3.8, 4) is 0 Å². The number of nitrogens with zero attached hydrogens (tertiary/aromatic N) is 1. The molecule has 2 N–H and O–H groups in total. The van der Waals surface area contributed by atoms with Gasteiger partial charge in [0.15, 0.2) is 0 Å². The minimum atomic E-state index is -0.0169. The fraction of sp³-hybridized carbons (Fsp3) is 0.350. The average molecular weight is 308 g/mol. The van der Waals surface area contributed by atoms with Gasteiger partial charge in [0.2, 0.25) is 5.91 Å². The van der Waals surface area contributed by atoms with Crippen molar-refractivity contribution in [1.82, 2.24) is 0 Å². The van der Waals surface area contributed by atoms with Gasteiger partial charge in [0.05, 0.1) is 0 Å². The second-order valence-electron chi connectivity index (χ2n) is 6.18. The van der Waals surface area contributed by atoms with Gasteiger partial charge in [-0.3, -0.25) is 4.79 Å². The van der Waals surface area contributed by atoms with Gasteiger partial charge in [0.25, 0.3) is 0 Å². The van der Waals surface area contributed by atoms with Crippen molar-refractivity contribution in [2.45, 2.75) is 38.6 Å². The third-order valence-electron chi connectivity index (χ3n) is 4.57. The van der Waals surface area contributed by atoms with E-state index in [-0.39, 0.29) is 11.9 Å². The van der Waals surface area contributed by atoms with E-state index in [9.17, 15) is 4.79 Å². The molecule has 1 unspecified atom stereocenters. The molecule has 0 saturated carbocycles. The number of carbonyl (C=O) groups excluding carboxylic acids is 1. The van der Waals surface area contributed by atoms with E-state index < -0.39 is 0 Å². The Bertz CT molecular complexity index is 681. The minimum Gasteiger partial charge on any atom is -0.324 e. The molecule has 120 valence electrons. The van der Waals surface area contributed by atoms with Gasteiger partial charge in [-0.15, -0.1) is 0 Å². The third-order valence-corrected chi connectivity index (χ3v) is 4.57. The monoisotopic (exact) mass is 308 g/mol. The zero-order valence-corrected chi connectivity index (χ0v) is 13.7. The van der Waals surface area contributed by atoms with Gasteiger partial charge in [0, 0.05) is 24.7 Å². The Hall–Kier alpha value is -2.13. The average Bonchev–Trinajstić information content (AvgIpc) is 2.72. The number of benzene rings is 2. The third kappa shape index (κ3) is 3.45. The molecular weight excluding hydrogens is 284 g/mol. The number of nitrogens with two attached hydrogens (primary N) is 1. The van der Waals surface area contributed by atoms with Crippen LogP contribution in [0.1, 0.15) is 42.5 Å². The predicted octanol–water partition coefficient (Wildman–Crippen LogP) is 3.62. The summed E-state index contributed by atoms with van der Waals surface area (Å²) in [6.45, 7) is 2.75. The van der Waals surface area contributed by atoms with Gasteiger partial charge < -0.3 is 10.6 Å². The van der Waals surface area contributed by atoms with E-state index in [0.717, 1.165) is 37.1 Å². The van der Waals surface area contributed by atoms with Gasteiger partial charge in [-0.05, 0) is 48.9 Å². The fourth-order valence-electron chi connectivity index (χ4n) is 3.33. The zero-order chi connectivity index (χ0) is 16.2. The first-order chi connectivity index (χ1) is 11.2. The topological polar surface area (TPSA) is 46.3 Å². The normalized spacial score (nSPS) is 15.9. The van der Waals surface area contributed by atoms with Gasteiger partial charge in [-0.2, -0.15) is 0 Å². The summed E-state index contributed by atoms with van der Waals surface area (Å²) in [4.78, 5) is 14.1. The second-order valence-corrected chi connectivity index (χ2v) is 6.18. The smallest absolute Gasteiger partial charge is 0.226 e. The summed E-state index contributed by atoms with van der Waals surface area (Å²) >= 11 is 0. The molecule has 3 nitrogen and oxygen atoms in total. The molecule has 0 spiro atoms. The van der Waals surface area contributed by atoms with Gasteiger partial charge in [-0.1, -0.05) is 42.5 Å². The Balaban J connectivity index is 1.85. The maximum atomic E-state index is 12.2. The number of amides is 1. The second kappa shape index (κ2) is 6.97. The van der Waals surface area contributed by atoms with Crippen LogP contribution in [0.2, 0.25) is 0 Å². The van der Waals surface area contributed by atoms with Crippen LogP contribution in [0.3, 0.4) is 0 Å². The molecule has 2 aromatic rings. The van der Waals surface area contributed by atoms with Crippen LogP contribution in [-0.2, 0) is 17.6 Å². The van der Waals surface area contributed by atoms with E-state index in [1.807, 2.05) is 30.0 Å². The summed E-state index contributed by atoms with van der Waals surface area (Å²) < 4.78 is 0. The number of rotatable bonds is 4. The van der Waals surface area contributed by atoms with Crippen LogP contribution >= 0.6 is 0 Å². The maximum absolute atomic E-state index is 12.2. The first kappa shape index (κ1) is 15.8. The summed E-state index contributed by atoms with van der Waals surface area (Å²) in [5.74, 6) is 0.229. The molecule has 3 heteroatoms. The predicted molar refractivity (Wildman–Crippen MR) is 94.5 cm³/mol. The summed E-state index contributed by atoms with van der Waals surface area (Å²) in [5, 5.41) is 0. The zero-order valence-electron chi connectivity index (χ0n) is 13.7. The van der Waals surface area contributed by atoms with Crippen molar-refractivity contribution in [1.29, 1.82) is 0 Å². The van der Waals surface area contributed by atoms with Crippen LogP contribution in [0.4, 0.5) is 5.69 Å². The Morgan fingerprint density at radius 1 is 1.13 bits per heavy atom. The number of aryl methyl sites for hydroxylation is 1. The van der Waals surface area contributed by atoms with Crippen molar-refractivity contribution >= 4 is 11.6 Å². The molecule has 1 aliphatic heterocycles. The molecule has 0 radical (unpaired) electrons. The molecule has 0 aromatic heterocycles. The van der Waals surface area contributed by atoms with Gasteiger partial charge >= 0.3 is 0 Å². The van der Waals surface area contributed by atoms with Crippen LogP contribution in [0.25, 0.3) is 0 Å². The highest BCUT2D eigenvalue weighted by molar-refractivity contribution is 5.94. The maximum Gasteiger partial charge on any atom is 0.226 e. The highest BCUT2D eigenvalue weighted by atomic mass is 16.2. The quantitative estimate of drug-likeness (QED) is 0.937. The molecular formula is C20H24N2O. The Kier molecular flexibility index (Phi) is 4.77. The minimum absolute atomic E-state index is 0.0169.